The van der Waals surface area contributed by atoms with Crippen LogP contribution in [0.2, 0.25) is 0 Å². The molecule has 8 heteroatoms. The van der Waals surface area contributed by atoms with E-state index in [1.54, 1.807) is 12.1 Å². The highest BCUT2D eigenvalue weighted by Crippen LogP contribution is 2.29. The Labute approximate surface area is 117 Å². The monoisotopic (exact) mass is 299 g/mol. The fourth-order valence-corrected chi connectivity index (χ4v) is 3.16. The Morgan fingerprint density at radius 1 is 1.25 bits per heavy atom. The van der Waals surface area contributed by atoms with Crippen molar-refractivity contribution >= 4 is 27.4 Å². The Morgan fingerprint density at radius 3 is 2.35 bits per heavy atom. The minimum Gasteiger partial charge on any atom is -0.478 e. The van der Waals surface area contributed by atoms with Crippen molar-refractivity contribution in [3.8, 4) is 0 Å². The molecule has 2 rings (SSSR count). The van der Waals surface area contributed by atoms with Crippen LogP contribution in [-0.4, -0.2) is 56.2 Å². The van der Waals surface area contributed by atoms with E-state index in [0.717, 1.165) is 0 Å². The molecule has 7 nitrogen and oxygen atoms in total. The number of nitrogens with two attached hydrogens (primary N) is 1. The average molecular weight is 299 g/mol. The third kappa shape index (κ3) is 2.86. The number of sulfonamides is 1. The fraction of sp³-hybridized carbons (Fsp3) is 0.417. The molecule has 110 valence electrons. The molecule has 0 unspecified atom stereocenters. The first-order chi connectivity index (χ1) is 9.30. The van der Waals surface area contributed by atoms with Gasteiger partial charge in [-0.25, -0.2) is 13.2 Å². The van der Waals surface area contributed by atoms with Crippen molar-refractivity contribution in [1.82, 2.24) is 4.31 Å². The number of nitrogens with zero attached hydrogens (tertiary/aromatic N) is 2. The number of para-hydroxylation sites is 1. The van der Waals surface area contributed by atoms with Crippen molar-refractivity contribution < 1.29 is 18.3 Å². The van der Waals surface area contributed by atoms with Gasteiger partial charge in [0.05, 0.1) is 23.2 Å². The number of carboxylic acids is 1. The Bertz CT molecular complexity index is 622. The van der Waals surface area contributed by atoms with Crippen LogP contribution in [-0.2, 0) is 10.0 Å². The second kappa shape index (κ2) is 5.29. The van der Waals surface area contributed by atoms with E-state index in [4.69, 9.17) is 5.73 Å². The van der Waals surface area contributed by atoms with E-state index in [0.29, 0.717) is 37.6 Å². The van der Waals surface area contributed by atoms with E-state index < -0.39 is 16.0 Å². The fourth-order valence-electron chi connectivity index (χ4n) is 2.33. The van der Waals surface area contributed by atoms with E-state index in [-0.39, 0.29) is 5.56 Å². The summed E-state index contributed by atoms with van der Waals surface area (Å²) in [6.45, 7) is 1.49. The van der Waals surface area contributed by atoms with Gasteiger partial charge in [0.25, 0.3) is 0 Å². The normalized spacial score (nSPS) is 17.1. The SMILES string of the molecule is CS(=O)(=O)N1CCN(c2c(N)cccc2C(=O)O)CC1. The number of anilines is 2. The van der Waals surface area contributed by atoms with Crippen molar-refractivity contribution in [1.29, 1.82) is 0 Å². The van der Waals surface area contributed by atoms with Crippen LogP contribution in [0, 0.1) is 0 Å². The standard InChI is InChI=1S/C12H17N3O4S/c1-20(18,19)15-7-5-14(6-8-15)11-9(12(16)17)3-2-4-10(11)13/h2-4H,5-8,13H2,1H3,(H,16,17). The lowest BCUT2D eigenvalue weighted by Crippen LogP contribution is -2.48. The molecule has 0 aromatic heterocycles. The third-order valence-corrected chi connectivity index (χ3v) is 4.62. The van der Waals surface area contributed by atoms with E-state index in [2.05, 4.69) is 0 Å². The van der Waals surface area contributed by atoms with Gasteiger partial charge in [-0.15, -0.1) is 0 Å². The summed E-state index contributed by atoms with van der Waals surface area (Å²) in [4.78, 5) is 13.1. The quantitative estimate of drug-likeness (QED) is 0.764. The highest BCUT2D eigenvalue weighted by atomic mass is 32.2. The second-order valence-corrected chi connectivity index (χ2v) is 6.68. The lowest BCUT2D eigenvalue weighted by Gasteiger charge is -2.35. The number of carboxylic acid groups (broad SMARTS) is 1. The Kier molecular flexibility index (Phi) is 3.87. The van der Waals surface area contributed by atoms with Crippen LogP contribution in [0.5, 0.6) is 0 Å². The van der Waals surface area contributed by atoms with Gasteiger partial charge in [0, 0.05) is 26.2 Å². The predicted octanol–water partition coefficient (Wildman–Crippen LogP) is 0.0486. The minimum absolute atomic E-state index is 0.137. The molecular formula is C12H17N3O4S. The first-order valence-corrected chi connectivity index (χ1v) is 7.97. The lowest BCUT2D eigenvalue weighted by molar-refractivity contribution is 0.0697. The van der Waals surface area contributed by atoms with Crippen LogP contribution in [0.15, 0.2) is 18.2 Å². The number of carbonyl (C=O) groups is 1. The summed E-state index contributed by atoms with van der Waals surface area (Å²) in [7, 11) is -3.21. The molecule has 0 radical (unpaired) electrons. The van der Waals surface area contributed by atoms with Crippen LogP contribution in [0.25, 0.3) is 0 Å². The molecule has 3 N–H and O–H groups in total. The topological polar surface area (TPSA) is 104 Å². The summed E-state index contributed by atoms with van der Waals surface area (Å²) in [5, 5.41) is 9.21. The number of piperazine rings is 1. The highest BCUT2D eigenvalue weighted by Gasteiger charge is 2.26. The molecule has 1 aromatic carbocycles. The van der Waals surface area contributed by atoms with Crippen LogP contribution in [0.3, 0.4) is 0 Å². The first kappa shape index (κ1) is 14.6. The number of nitrogen functional groups attached to an aromatic ring is 1. The number of hydrogen-bond acceptors (Lipinski definition) is 5. The molecule has 0 bridgehead atoms. The summed E-state index contributed by atoms with van der Waals surface area (Å²) >= 11 is 0. The van der Waals surface area contributed by atoms with Crippen molar-refractivity contribution in [3.63, 3.8) is 0 Å². The van der Waals surface area contributed by atoms with Gasteiger partial charge in [-0.05, 0) is 12.1 Å². The maximum atomic E-state index is 11.5. The van der Waals surface area contributed by atoms with Crippen molar-refractivity contribution in [3.05, 3.63) is 23.8 Å². The van der Waals surface area contributed by atoms with Gasteiger partial charge in [-0.3, -0.25) is 0 Å². The van der Waals surface area contributed by atoms with Crippen molar-refractivity contribution in [2.75, 3.05) is 43.1 Å². The van der Waals surface area contributed by atoms with E-state index in [1.165, 1.54) is 16.6 Å². The summed E-state index contributed by atoms with van der Waals surface area (Å²) in [6, 6.07) is 4.73. The smallest absolute Gasteiger partial charge is 0.337 e. The zero-order valence-corrected chi connectivity index (χ0v) is 11.9. The molecule has 0 aliphatic carbocycles. The molecule has 1 aliphatic heterocycles. The van der Waals surface area contributed by atoms with E-state index in [1.807, 2.05) is 4.90 Å². The van der Waals surface area contributed by atoms with Gasteiger partial charge in [-0.1, -0.05) is 6.07 Å². The molecule has 20 heavy (non-hydrogen) atoms. The summed E-state index contributed by atoms with van der Waals surface area (Å²) in [6.07, 6.45) is 1.17. The molecule has 1 fully saturated rings. The van der Waals surface area contributed by atoms with E-state index >= 15 is 0 Å². The van der Waals surface area contributed by atoms with Gasteiger partial charge in [0.2, 0.25) is 10.0 Å². The van der Waals surface area contributed by atoms with Crippen LogP contribution < -0.4 is 10.6 Å². The zero-order valence-electron chi connectivity index (χ0n) is 11.1. The molecule has 0 amide bonds. The number of hydrogen-bond donors (Lipinski definition) is 2. The summed E-state index contributed by atoms with van der Waals surface area (Å²) in [5.74, 6) is -1.04. The molecule has 1 aromatic rings. The summed E-state index contributed by atoms with van der Waals surface area (Å²) in [5.41, 5.74) is 6.86. The van der Waals surface area contributed by atoms with Gasteiger partial charge >= 0.3 is 5.97 Å². The number of rotatable bonds is 3. The van der Waals surface area contributed by atoms with Crippen molar-refractivity contribution in [2.24, 2.45) is 0 Å². The van der Waals surface area contributed by atoms with Crippen LogP contribution >= 0.6 is 0 Å². The first-order valence-electron chi connectivity index (χ1n) is 6.12. The number of benzene rings is 1. The van der Waals surface area contributed by atoms with Gasteiger partial charge in [-0.2, -0.15) is 4.31 Å². The maximum absolute atomic E-state index is 11.5. The highest BCUT2D eigenvalue weighted by molar-refractivity contribution is 7.88. The molecule has 1 saturated heterocycles. The molecule has 0 spiro atoms. The molecule has 1 heterocycles. The summed E-state index contributed by atoms with van der Waals surface area (Å²) < 4.78 is 24.3. The number of aromatic carboxylic acids is 1. The molecular weight excluding hydrogens is 282 g/mol. The van der Waals surface area contributed by atoms with Gasteiger partial charge in [0.15, 0.2) is 0 Å². The Hall–Kier alpha value is -1.80. The predicted molar refractivity (Wildman–Crippen MR) is 76.4 cm³/mol. The maximum Gasteiger partial charge on any atom is 0.337 e. The average Bonchev–Trinajstić information content (AvgIpc) is 2.37. The minimum atomic E-state index is -3.21. The molecule has 0 atom stereocenters. The Balaban J connectivity index is 2.25. The lowest BCUT2D eigenvalue weighted by atomic mass is 10.1. The van der Waals surface area contributed by atoms with E-state index in [9.17, 15) is 18.3 Å². The second-order valence-electron chi connectivity index (χ2n) is 4.70. The largest absolute Gasteiger partial charge is 0.478 e. The van der Waals surface area contributed by atoms with Crippen molar-refractivity contribution in [2.45, 2.75) is 0 Å². The van der Waals surface area contributed by atoms with Gasteiger partial charge < -0.3 is 15.7 Å². The van der Waals surface area contributed by atoms with Gasteiger partial charge in [0.1, 0.15) is 0 Å². The molecule has 0 saturated carbocycles. The zero-order chi connectivity index (χ0) is 14.9. The Morgan fingerprint density at radius 2 is 1.85 bits per heavy atom. The van der Waals surface area contributed by atoms with Crippen LogP contribution in [0.4, 0.5) is 11.4 Å². The molecule has 1 aliphatic rings. The van der Waals surface area contributed by atoms with Crippen LogP contribution in [0.1, 0.15) is 10.4 Å². The third-order valence-electron chi connectivity index (χ3n) is 3.32.